The van der Waals surface area contributed by atoms with E-state index < -0.39 is 0 Å². The molecule has 0 aliphatic carbocycles. The summed E-state index contributed by atoms with van der Waals surface area (Å²) in [5.74, 6) is 0.884. The van der Waals surface area contributed by atoms with E-state index in [0.29, 0.717) is 0 Å². The standard InChI is InChI=1S/C20H33N5/c1-6-21-19(23-12-13-25-20(3,4)5)22-11-10-16-14-24-17-9-7-8-15(2)18(16)17/h7-9,14,24-25H,6,10-13H2,1-5H3,(H2,21,22,23). The molecule has 0 spiro atoms. The molecule has 0 bridgehead atoms. The van der Waals surface area contributed by atoms with Gasteiger partial charge < -0.3 is 20.9 Å². The number of aliphatic imine (C=N–C) groups is 1. The molecule has 4 N–H and O–H groups in total. The second-order valence-electron chi connectivity index (χ2n) is 7.43. The number of guanidine groups is 1. The molecule has 0 atom stereocenters. The quantitative estimate of drug-likeness (QED) is 0.355. The van der Waals surface area contributed by atoms with Gasteiger partial charge in [0.05, 0.1) is 6.54 Å². The lowest BCUT2D eigenvalue weighted by atomic mass is 10.1. The first-order chi connectivity index (χ1) is 11.9. The van der Waals surface area contributed by atoms with Crippen molar-refractivity contribution >= 4 is 16.9 Å². The van der Waals surface area contributed by atoms with Gasteiger partial charge in [0.15, 0.2) is 5.96 Å². The van der Waals surface area contributed by atoms with Crippen molar-refractivity contribution in [3.63, 3.8) is 0 Å². The van der Waals surface area contributed by atoms with Gasteiger partial charge >= 0.3 is 0 Å². The topological polar surface area (TPSA) is 64.2 Å². The van der Waals surface area contributed by atoms with Crippen molar-refractivity contribution in [2.45, 2.75) is 46.6 Å². The van der Waals surface area contributed by atoms with E-state index in [1.807, 2.05) is 0 Å². The Hall–Kier alpha value is -2.01. The molecular weight excluding hydrogens is 310 g/mol. The van der Waals surface area contributed by atoms with Crippen LogP contribution in [0.25, 0.3) is 10.9 Å². The summed E-state index contributed by atoms with van der Waals surface area (Å²) in [4.78, 5) is 8.01. The van der Waals surface area contributed by atoms with Gasteiger partial charge in [-0.3, -0.25) is 4.99 Å². The van der Waals surface area contributed by atoms with Crippen LogP contribution < -0.4 is 16.0 Å². The van der Waals surface area contributed by atoms with E-state index in [2.05, 4.69) is 84.9 Å². The van der Waals surface area contributed by atoms with Gasteiger partial charge in [-0.1, -0.05) is 12.1 Å². The average molecular weight is 344 g/mol. The second kappa shape index (κ2) is 8.90. The van der Waals surface area contributed by atoms with Crippen molar-refractivity contribution in [2.75, 3.05) is 26.2 Å². The first kappa shape index (κ1) is 19.3. The van der Waals surface area contributed by atoms with Crippen LogP contribution in [-0.4, -0.2) is 42.7 Å². The van der Waals surface area contributed by atoms with Gasteiger partial charge in [0.25, 0.3) is 0 Å². The zero-order valence-electron chi connectivity index (χ0n) is 16.3. The number of aromatic amines is 1. The fourth-order valence-electron chi connectivity index (χ4n) is 2.90. The molecule has 25 heavy (non-hydrogen) atoms. The van der Waals surface area contributed by atoms with Crippen LogP contribution in [0.5, 0.6) is 0 Å². The van der Waals surface area contributed by atoms with Gasteiger partial charge in [0.2, 0.25) is 0 Å². The minimum atomic E-state index is 0.133. The Morgan fingerprint density at radius 1 is 1.16 bits per heavy atom. The summed E-state index contributed by atoms with van der Waals surface area (Å²) in [6.07, 6.45) is 3.09. The summed E-state index contributed by atoms with van der Waals surface area (Å²) in [7, 11) is 0. The Morgan fingerprint density at radius 3 is 2.68 bits per heavy atom. The summed E-state index contributed by atoms with van der Waals surface area (Å²) >= 11 is 0. The minimum Gasteiger partial charge on any atom is -0.361 e. The van der Waals surface area contributed by atoms with Crippen LogP contribution in [0.2, 0.25) is 0 Å². The fourth-order valence-corrected chi connectivity index (χ4v) is 2.90. The number of rotatable bonds is 7. The molecule has 5 nitrogen and oxygen atoms in total. The first-order valence-corrected chi connectivity index (χ1v) is 9.23. The van der Waals surface area contributed by atoms with Gasteiger partial charge in [-0.05, 0) is 58.2 Å². The van der Waals surface area contributed by atoms with Crippen LogP contribution in [0.15, 0.2) is 29.4 Å². The van der Waals surface area contributed by atoms with Gasteiger partial charge in [-0.25, -0.2) is 0 Å². The molecule has 0 unspecified atom stereocenters. The number of fused-ring (bicyclic) bond motifs is 1. The number of benzene rings is 1. The van der Waals surface area contributed by atoms with Gasteiger partial charge in [-0.15, -0.1) is 0 Å². The highest BCUT2D eigenvalue weighted by atomic mass is 15.2. The summed E-state index contributed by atoms with van der Waals surface area (Å²) in [6, 6.07) is 6.39. The molecule has 0 aliphatic rings. The number of nitrogens with one attached hydrogen (secondary N) is 4. The van der Waals surface area contributed by atoms with Gasteiger partial charge in [-0.2, -0.15) is 0 Å². The van der Waals surface area contributed by atoms with Crippen molar-refractivity contribution in [1.82, 2.24) is 20.9 Å². The van der Waals surface area contributed by atoms with Crippen LogP contribution in [0.1, 0.15) is 38.8 Å². The molecule has 1 aromatic carbocycles. The van der Waals surface area contributed by atoms with E-state index in [0.717, 1.165) is 38.6 Å². The van der Waals surface area contributed by atoms with Crippen molar-refractivity contribution in [2.24, 2.45) is 4.99 Å². The highest BCUT2D eigenvalue weighted by Gasteiger charge is 2.08. The lowest BCUT2D eigenvalue weighted by molar-refractivity contribution is 0.432. The van der Waals surface area contributed by atoms with Crippen molar-refractivity contribution < 1.29 is 0 Å². The molecule has 0 saturated heterocycles. The predicted molar refractivity (Wildman–Crippen MR) is 108 cm³/mol. The number of hydrogen-bond acceptors (Lipinski definition) is 2. The molecule has 1 aromatic heterocycles. The number of aryl methyl sites for hydroxylation is 1. The molecule has 2 aromatic rings. The molecule has 0 aliphatic heterocycles. The van der Waals surface area contributed by atoms with E-state index in [4.69, 9.17) is 0 Å². The molecule has 5 heteroatoms. The first-order valence-electron chi connectivity index (χ1n) is 9.23. The Bertz CT molecular complexity index is 694. The number of hydrogen-bond donors (Lipinski definition) is 4. The smallest absolute Gasteiger partial charge is 0.191 e. The lowest BCUT2D eigenvalue weighted by Gasteiger charge is -2.20. The maximum absolute atomic E-state index is 4.64. The SMILES string of the molecule is CCNC(=NCCNC(C)(C)C)NCCc1c[nH]c2cccc(C)c12. The Labute approximate surface area is 151 Å². The number of H-pyrrole nitrogens is 1. The predicted octanol–water partition coefficient (Wildman–Crippen LogP) is 2.96. The zero-order chi connectivity index (χ0) is 18.3. The minimum absolute atomic E-state index is 0.133. The van der Waals surface area contributed by atoms with Crippen LogP contribution in [-0.2, 0) is 6.42 Å². The van der Waals surface area contributed by atoms with Crippen LogP contribution in [0.3, 0.4) is 0 Å². The van der Waals surface area contributed by atoms with Crippen LogP contribution in [0, 0.1) is 6.92 Å². The molecule has 0 fully saturated rings. The second-order valence-corrected chi connectivity index (χ2v) is 7.43. The Kier molecular flexibility index (Phi) is 6.88. The zero-order valence-corrected chi connectivity index (χ0v) is 16.3. The van der Waals surface area contributed by atoms with Crippen LogP contribution in [0.4, 0.5) is 0 Å². The normalized spacial score (nSPS) is 12.6. The maximum atomic E-state index is 4.64. The molecule has 2 rings (SSSR count). The van der Waals surface area contributed by atoms with E-state index >= 15 is 0 Å². The number of aromatic nitrogens is 1. The Morgan fingerprint density at radius 2 is 1.96 bits per heavy atom. The van der Waals surface area contributed by atoms with Crippen molar-refractivity contribution in [3.05, 3.63) is 35.5 Å². The monoisotopic (exact) mass is 343 g/mol. The van der Waals surface area contributed by atoms with Crippen molar-refractivity contribution in [3.8, 4) is 0 Å². The van der Waals surface area contributed by atoms with Gasteiger partial charge in [0, 0.05) is 42.3 Å². The highest BCUT2D eigenvalue weighted by Crippen LogP contribution is 2.22. The lowest BCUT2D eigenvalue weighted by Crippen LogP contribution is -2.40. The molecule has 0 saturated carbocycles. The van der Waals surface area contributed by atoms with E-state index in [-0.39, 0.29) is 5.54 Å². The van der Waals surface area contributed by atoms with Crippen molar-refractivity contribution in [1.29, 1.82) is 0 Å². The molecule has 1 heterocycles. The van der Waals surface area contributed by atoms with E-state index in [1.54, 1.807) is 0 Å². The average Bonchev–Trinajstić information content (AvgIpc) is 2.95. The van der Waals surface area contributed by atoms with E-state index in [1.165, 1.54) is 22.0 Å². The fraction of sp³-hybridized carbons (Fsp3) is 0.550. The molecular formula is C20H33N5. The Balaban J connectivity index is 1.88. The number of nitrogens with zero attached hydrogens (tertiary/aromatic N) is 1. The largest absolute Gasteiger partial charge is 0.361 e. The molecule has 138 valence electrons. The molecule has 0 amide bonds. The third-order valence-electron chi connectivity index (χ3n) is 4.06. The van der Waals surface area contributed by atoms with Gasteiger partial charge in [0.1, 0.15) is 0 Å². The highest BCUT2D eigenvalue weighted by molar-refractivity contribution is 5.86. The summed E-state index contributed by atoms with van der Waals surface area (Å²) in [5.41, 5.74) is 4.02. The van der Waals surface area contributed by atoms with E-state index in [9.17, 15) is 0 Å². The third kappa shape index (κ3) is 6.09. The molecule has 0 radical (unpaired) electrons. The summed E-state index contributed by atoms with van der Waals surface area (Å²) in [5, 5.41) is 11.6. The maximum Gasteiger partial charge on any atom is 0.191 e. The van der Waals surface area contributed by atoms with Crippen LogP contribution >= 0.6 is 0 Å². The third-order valence-corrected chi connectivity index (χ3v) is 4.06. The summed E-state index contributed by atoms with van der Waals surface area (Å²) in [6.45, 7) is 14.1. The summed E-state index contributed by atoms with van der Waals surface area (Å²) < 4.78 is 0.